The summed E-state index contributed by atoms with van der Waals surface area (Å²) in [4.78, 5) is 9.85. The summed E-state index contributed by atoms with van der Waals surface area (Å²) in [6.45, 7) is 29.6. The molecule has 82 heavy (non-hydrogen) atoms. The summed E-state index contributed by atoms with van der Waals surface area (Å²) in [5.41, 5.74) is 20.3. The Morgan fingerprint density at radius 1 is 0.415 bits per heavy atom. The first kappa shape index (κ1) is 55.9. The van der Waals surface area contributed by atoms with E-state index in [1.165, 1.54) is 44.5 Å². The fourth-order valence-electron chi connectivity index (χ4n) is 11.6. The van der Waals surface area contributed by atoms with Gasteiger partial charge in [0.1, 0.15) is 5.82 Å². The predicted octanol–water partition coefficient (Wildman–Crippen LogP) is 20.8. The Morgan fingerprint density at radius 3 is 1.70 bits per heavy atom. The molecule has 5 nitrogen and oxygen atoms in total. The third kappa shape index (κ3) is 10.6. The monoisotopic (exact) mass is 1250 g/mol. The van der Waals surface area contributed by atoms with Gasteiger partial charge in [0.05, 0.1) is 0 Å². The standard InChI is InChI=1S/C76H71N4O.Pt/c1-73(2,3)54-25-19-23-52(43-54)50-37-39-51(40-38-50)59-31-22-32-63(60-29-13-15-33-65(60)75(7,8)9)72(59)79-49-78(68-35-17-18-36-69(68)79)56-27-21-28-57(45-56)81-58-41-42-62-61-30-14-16-34-67(61)80(70(62)46-58)71-47-66(76(10,11)12)64(48-77-71)53-24-20-26-55(44-53)74(4,5)6;/h13-44,47-49H,1-12H3;/q-3;. The molecule has 0 fully saturated rings. The number of hydrogen-bond acceptors (Lipinski definition) is 4. The minimum Gasteiger partial charge on any atom is -0.509 e. The fraction of sp³-hybridized carbons (Fsp3) is 0.211. The van der Waals surface area contributed by atoms with E-state index in [1.807, 2.05) is 18.2 Å². The van der Waals surface area contributed by atoms with Crippen molar-refractivity contribution in [2.75, 3.05) is 9.80 Å². The maximum Gasteiger partial charge on any atom is 0.135 e. The number of ether oxygens (including phenoxy) is 1. The number of nitrogens with zero attached hydrogens (tertiary/aromatic N) is 4. The number of pyridine rings is 1. The SMILES string of the molecule is CC(C)(C)c1cccc(-c2ccc(-c3cccc(-c4ccccc4C(C)(C)C)c3N3[CH-]N(c4[c-]c(Oc5[c-]c6c(cc5)c5ccccc5n6-c5cc(C(C)(C)C)c(-c6cccc(C(C)(C)C)c6)cn5)ccc4)c4ccccc43)cc2)c1.[Pt]. The van der Waals surface area contributed by atoms with Gasteiger partial charge in [-0.25, -0.2) is 4.98 Å². The molecule has 0 spiro atoms. The van der Waals surface area contributed by atoms with Crippen molar-refractivity contribution in [1.29, 1.82) is 0 Å². The number of rotatable bonds is 9. The zero-order chi connectivity index (χ0) is 56.6. The number of anilines is 4. The average molecular weight is 1250 g/mol. The van der Waals surface area contributed by atoms with E-state index >= 15 is 0 Å². The third-order valence-corrected chi connectivity index (χ3v) is 15.9. The van der Waals surface area contributed by atoms with Gasteiger partial charge in [-0.05, 0) is 101 Å². The van der Waals surface area contributed by atoms with Gasteiger partial charge in [-0.2, -0.15) is 12.1 Å². The molecular formula is C76H71N4OPt-3. The Morgan fingerprint density at radius 2 is 0.988 bits per heavy atom. The molecule has 6 heteroatoms. The molecule has 1 aliphatic heterocycles. The van der Waals surface area contributed by atoms with E-state index < -0.39 is 0 Å². The minimum atomic E-state index is -0.164. The van der Waals surface area contributed by atoms with Gasteiger partial charge < -0.3 is 19.1 Å². The van der Waals surface area contributed by atoms with Crippen molar-refractivity contribution >= 4 is 44.6 Å². The van der Waals surface area contributed by atoms with Crippen LogP contribution in [0.3, 0.4) is 0 Å². The molecule has 3 heterocycles. The number of benzene rings is 9. The van der Waals surface area contributed by atoms with E-state index in [4.69, 9.17) is 9.72 Å². The molecule has 0 unspecified atom stereocenters. The van der Waals surface area contributed by atoms with Gasteiger partial charge in [-0.1, -0.05) is 234 Å². The molecule has 0 N–H and O–H groups in total. The van der Waals surface area contributed by atoms with E-state index in [0.29, 0.717) is 11.5 Å². The van der Waals surface area contributed by atoms with Crippen LogP contribution < -0.4 is 14.5 Å². The topological polar surface area (TPSA) is 33.5 Å². The maximum absolute atomic E-state index is 6.83. The van der Waals surface area contributed by atoms with Crippen LogP contribution >= 0.6 is 0 Å². The van der Waals surface area contributed by atoms with Crippen molar-refractivity contribution < 1.29 is 25.8 Å². The zero-order valence-corrected chi connectivity index (χ0v) is 51.5. The van der Waals surface area contributed by atoms with Crippen LogP contribution in [0.15, 0.2) is 206 Å². The summed E-state index contributed by atoms with van der Waals surface area (Å²) < 4.78 is 9.07. The molecule has 414 valence electrons. The molecule has 2 aromatic heterocycles. The summed E-state index contributed by atoms with van der Waals surface area (Å²) in [6, 6.07) is 79.8. The van der Waals surface area contributed by atoms with Crippen molar-refractivity contribution in [3.8, 4) is 61.8 Å². The summed E-state index contributed by atoms with van der Waals surface area (Å²) in [5.74, 6) is 2.00. The first-order valence-electron chi connectivity index (χ1n) is 28.4. The van der Waals surface area contributed by atoms with Gasteiger partial charge >= 0.3 is 0 Å². The molecule has 1 aliphatic rings. The Bertz CT molecular complexity index is 4180. The Labute approximate surface area is 500 Å². The van der Waals surface area contributed by atoms with Crippen molar-refractivity contribution in [1.82, 2.24) is 9.55 Å². The largest absolute Gasteiger partial charge is 0.509 e. The van der Waals surface area contributed by atoms with Gasteiger partial charge in [-0.3, -0.25) is 0 Å². The summed E-state index contributed by atoms with van der Waals surface area (Å²) in [5, 5.41) is 2.20. The van der Waals surface area contributed by atoms with E-state index in [0.717, 1.165) is 72.6 Å². The number of hydrogen-bond donors (Lipinski definition) is 0. The smallest absolute Gasteiger partial charge is 0.135 e. The van der Waals surface area contributed by atoms with Crippen LogP contribution in [0, 0.1) is 18.8 Å². The van der Waals surface area contributed by atoms with E-state index in [2.05, 4.69) is 304 Å². The van der Waals surface area contributed by atoms with Crippen LogP contribution in [0.5, 0.6) is 11.5 Å². The first-order chi connectivity index (χ1) is 38.7. The van der Waals surface area contributed by atoms with Crippen LogP contribution in [0.1, 0.15) is 105 Å². The van der Waals surface area contributed by atoms with Crippen LogP contribution in [0.4, 0.5) is 22.7 Å². The molecular weight excluding hydrogens is 1180 g/mol. The number of fused-ring (bicyclic) bond motifs is 4. The summed E-state index contributed by atoms with van der Waals surface area (Å²) in [7, 11) is 0. The van der Waals surface area contributed by atoms with Crippen molar-refractivity contribution in [2.24, 2.45) is 0 Å². The quantitative estimate of drug-likeness (QED) is 0.135. The normalized spacial score (nSPS) is 12.9. The van der Waals surface area contributed by atoms with Crippen LogP contribution in [-0.2, 0) is 42.7 Å². The number of aromatic nitrogens is 2. The Balaban J connectivity index is 0.00000705. The summed E-state index contributed by atoms with van der Waals surface area (Å²) >= 11 is 0. The molecule has 0 saturated carbocycles. The Hall–Kier alpha value is -7.98. The average Bonchev–Trinajstić information content (AvgIpc) is 3.49. The Kier molecular flexibility index (Phi) is 14.6. The summed E-state index contributed by atoms with van der Waals surface area (Å²) in [6.07, 6.45) is 2.06. The maximum atomic E-state index is 6.83. The van der Waals surface area contributed by atoms with Gasteiger partial charge in [0, 0.05) is 78.0 Å². The van der Waals surface area contributed by atoms with Gasteiger partial charge in [0.2, 0.25) is 0 Å². The molecule has 0 atom stereocenters. The van der Waals surface area contributed by atoms with Gasteiger partial charge in [0.25, 0.3) is 0 Å². The van der Waals surface area contributed by atoms with Crippen LogP contribution in [0.2, 0.25) is 0 Å². The molecule has 0 saturated heterocycles. The first-order valence-corrected chi connectivity index (χ1v) is 28.4. The second-order valence-corrected chi connectivity index (χ2v) is 25.9. The molecule has 12 rings (SSSR count). The molecule has 11 aromatic rings. The van der Waals surface area contributed by atoms with Crippen molar-refractivity contribution in [2.45, 2.75) is 105 Å². The molecule has 0 radical (unpaired) electrons. The molecule has 9 aromatic carbocycles. The van der Waals surface area contributed by atoms with E-state index in [9.17, 15) is 0 Å². The minimum absolute atomic E-state index is 0. The molecule has 0 amide bonds. The van der Waals surface area contributed by atoms with Crippen molar-refractivity contribution in [3.63, 3.8) is 0 Å². The second kappa shape index (κ2) is 21.4. The van der Waals surface area contributed by atoms with Crippen LogP contribution in [-0.4, -0.2) is 9.55 Å². The van der Waals surface area contributed by atoms with Gasteiger partial charge in [-0.15, -0.1) is 48.1 Å². The van der Waals surface area contributed by atoms with E-state index in [1.54, 1.807) is 0 Å². The zero-order valence-electron chi connectivity index (χ0n) is 49.2. The molecule has 0 bridgehead atoms. The number of para-hydroxylation sites is 4. The molecule has 0 aliphatic carbocycles. The van der Waals surface area contributed by atoms with Crippen LogP contribution in [0.25, 0.3) is 72.1 Å². The van der Waals surface area contributed by atoms with Crippen molar-refractivity contribution in [3.05, 3.63) is 247 Å². The predicted molar refractivity (Wildman–Crippen MR) is 341 cm³/mol. The second-order valence-electron chi connectivity index (χ2n) is 25.9. The van der Waals surface area contributed by atoms with E-state index in [-0.39, 0.29) is 42.7 Å². The third-order valence-electron chi connectivity index (χ3n) is 15.9. The fourth-order valence-corrected chi connectivity index (χ4v) is 11.6. The van der Waals surface area contributed by atoms with Gasteiger partial charge in [0.15, 0.2) is 0 Å².